The standard InChI is InChI=1S/C15H24N2O3/c1-12(13-6-7-13)17(2)15(18)16-8-4-9-19-11-14-5-3-10-20-14/h3,5,10,12-13H,4,6-9,11H2,1-2H3,(H,16,18). The molecule has 1 atom stereocenters. The third-order valence-corrected chi connectivity index (χ3v) is 3.80. The van der Waals surface area contributed by atoms with Crippen LogP contribution in [-0.4, -0.2) is 37.2 Å². The van der Waals surface area contributed by atoms with Gasteiger partial charge in [0.1, 0.15) is 12.4 Å². The molecule has 1 aromatic rings. The van der Waals surface area contributed by atoms with E-state index in [1.165, 1.54) is 12.8 Å². The zero-order valence-electron chi connectivity index (χ0n) is 12.3. The van der Waals surface area contributed by atoms with Crippen molar-refractivity contribution in [3.8, 4) is 0 Å². The van der Waals surface area contributed by atoms with Crippen molar-refractivity contribution in [3.05, 3.63) is 24.2 Å². The smallest absolute Gasteiger partial charge is 0.317 e. The summed E-state index contributed by atoms with van der Waals surface area (Å²) >= 11 is 0. The summed E-state index contributed by atoms with van der Waals surface area (Å²) in [6.45, 7) is 3.85. The van der Waals surface area contributed by atoms with Crippen LogP contribution in [0, 0.1) is 5.92 Å². The van der Waals surface area contributed by atoms with Crippen LogP contribution in [0.1, 0.15) is 31.9 Å². The Morgan fingerprint density at radius 1 is 1.60 bits per heavy atom. The van der Waals surface area contributed by atoms with Crippen molar-refractivity contribution in [1.82, 2.24) is 10.2 Å². The normalized spacial score (nSPS) is 15.9. The Morgan fingerprint density at radius 3 is 3.05 bits per heavy atom. The fourth-order valence-corrected chi connectivity index (χ4v) is 2.14. The van der Waals surface area contributed by atoms with Gasteiger partial charge in [-0.1, -0.05) is 0 Å². The molecule has 2 rings (SSSR count). The summed E-state index contributed by atoms with van der Waals surface area (Å²) in [6.07, 6.45) is 4.94. The predicted molar refractivity (Wildman–Crippen MR) is 76.3 cm³/mol. The first-order valence-electron chi connectivity index (χ1n) is 7.29. The summed E-state index contributed by atoms with van der Waals surface area (Å²) in [5, 5.41) is 2.92. The number of amides is 2. The molecule has 1 unspecified atom stereocenters. The van der Waals surface area contributed by atoms with Gasteiger partial charge in [0.2, 0.25) is 0 Å². The van der Waals surface area contributed by atoms with Crippen molar-refractivity contribution in [2.75, 3.05) is 20.2 Å². The fourth-order valence-electron chi connectivity index (χ4n) is 2.14. The van der Waals surface area contributed by atoms with Crippen molar-refractivity contribution in [2.45, 2.75) is 38.8 Å². The molecule has 2 amide bonds. The summed E-state index contributed by atoms with van der Waals surface area (Å²) in [5.74, 6) is 1.52. The Hall–Kier alpha value is -1.49. The molecule has 1 N–H and O–H groups in total. The molecule has 0 aliphatic heterocycles. The van der Waals surface area contributed by atoms with Gasteiger partial charge < -0.3 is 19.4 Å². The zero-order chi connectivity index (χ0) is 14.4. The third kappa shape index (κ3) is 4.56. The average Bonchev–Trinajstić information content (AvgIpc) is 3.18. The predicted octanol–water partition coefficient (Wildman–Crippen LogP) is 2.63. The molecule has 20 heavy (non-hydrogen) atoms. The van der Waals surface area contributed by atoms with Gasteiger partial charge >= 0.3 is 6.03 Å². The second kappa shape index (κ2) is 7.33. The highest BCUT2D eigenvalue weighted by Gasteiger charge is 2.32. The lowest BCUT2D eigenvalue weighted by Gasteiger charge is -2.25. The molecule has 1 heterocycles. The minimum absolute atomic E-state index is 0.00966. The van der Waals surface area contributed by atoms with E-state index in [0.29, 0.717) is 31.7 Å². The van der Waals surface area contributed by atoms with Crippen LogP contribution in [0.5, 0.6) is 0 Å². The molecule has 1 aliphatic rings. The maximum absolute atomic E-state index is 11.9. The van der Waals surface area contributed by atoms with E-state index < -0.39 is 0 Å². The van der Waals surface area contributed by atoms with Crippen LogP contribution in [0.3, 0.4) is 0 Å². The van der Waals surface area contributed by atoms with Crippen LogP contribution in [0.2, 0.25) is 0 Å². The maximum atomic E-state index is 11.9. The Labute approximate surface area is 120 Å². The molecule has 5 heteroatoms. The lowest BCUT2D eigenvalue weighted by Crippen LogP contribution is -2.43. The van der Waals surface area contributed by atoms with Gasteiger partial charge in [-0.15, -0.1) is 0 Å². The van der Waals surface area contributed by atoms with Crippen molar-refractivity contribution in [3.63, 3.8) is 0 Å². The van der Waals surface area contributed by atoms with Crippen molar-refractivity contribution >= 4 is 6.03 Å². The number of hydrogen-bond donors (Lipinski definition) is 1. The Morgan fingerprint density at radius 2 is 2.40 bits per heavy atom. The number of urea groups is 1. The highest BCUT2D eigenvalue weighted by atomic mass is 16.5. The molecular formula is C15H24N2O3. The number of nitrogens with one attached hydrogen (secondary N) is 1. The van der Waals surface area contributed by atoms with E-state index in [9.17, 15) is 4.79 Å². The molecule has 0 aromatic carbocycles. The number of nitrogens with zero attached hydrogens (tertiary/aromatic N) is 1. The van der Waals surface area contributed by atoms with Gasteiger partial charge in [-0.2, -0.15) is 0 Å². The summed E-state index contributed by atoms with van der Waals surface area (Å²) in [5.41, 5.74) is 0. The monoisotopic (exact) mass is 280 g/mol. The molecule has 1 aromatic heterocycles. The third-order valence-electron chi connectivity index (χ3n) is 3.80. The molecule has 1 aliphatic carbocycles. The molecule has 112 valence electrons. The second-order valence-electron chi connectivity index (χ2n) is 5.41. The Bertz CT molecular complexity index is 401. The van der Waals surface area contributed by atoms with Crippen LogP contribution in [0.15, 0.2) is 22.8 Å². The maximum Gasteiger partial charge on any atom is 0.317 e. The zero-order valence-corrected chi connectivity index (χ0v) is 12.3. The SMILES string of the molecule is CC(C1CC1)N(C)C(=O)NCCCOCc1ccco1. The first-order valence-corrected chi connectivity index (χ1v) is 7.29. The summed E-state index contributed by atoms with van der Waals surface area (Å²) in [4.78, 5) is 13.7. The number of furan rings is 1. The highest BCUT2D eigenvalue weighted by Crippen LogP contribution is 2.34. The molecule has 5 nitrogen and oxygen atoms in total. The summed E-state index contributed by atoms with van der Waals surface area (Å²) < 4.78 is 10.6. The van der Waals surface area contributed by atoms with Gasteiger partial charge in [0, 0.05) is 26.2 Å². The van der Waals surface area contributed by atoms with E-state index in [2.05, 4.69) is 12.2 Å². The first kappa shape index (κ1) is 14.9. The van der Waals surface area contributed by atoms with Crippen molar-refractivity contribution < 1.29 is 13.9 Å². The van der Waals surface area contributed by atoms with Crippen LogP contribution in [0.4, 0.5) is 4.79 Å². The topological polar surface area (TPSA) is 54.7 Å². The molecule has 1 fully saturated rings. The van der Waals surface area contributed by atoms with Crippen LogP contribution in [-0.2, 0) is 11.3 Å². The van der Waals surface area contributed by atoms with Gasteiger partial charge in [-0.25, -0.2) is 4.79 Å². The number of hydrogen-bond acceptors (Lipinski definition) is 3. The quantitative estimate of drug-likeness (QED) is 0.745. The lowest BCUT2D eigenvalue weighted by atomic mass is 10.2. The van der Waals surface area contributed by atoms with E-state index in [0.717, 1.165) is 12.2 Å². The molecule has 1 saturated carbocycles. The number of rotatable bonds is 8. The molecular weight excluding hydrogens is 256 g/mol. The minimum Gasteiger partial charge on any atom is -0.467 e. The van der Waals surface area contributed by atoms with Gasteiger partial charge in [0.25, 0.3) is 0 Å². The summed E-state index contributed by atoms with van der Waals surface area (Å²) in [6, 6.07) is 4.08. The molecule has 0 radical (unpaired) electrons. The van der Waals surface area contributed by atoms with E-state index in [-0.39, 0.29) is 6.03 Å². The average molecular weight is 280 g/mol. The number of carbonyl (C=O) groups excluding carboxylic acids is 1. The van der Waals surface area contributed by atoms with Gasteiger partial charge in [0.05, 0.1) is 6.26 Å². The minimum atomic E-state index is 0.00966. The van der Waals surface area contributed by atoms with Gasteiger partial charge in [0.15, 0.2) is 0 Å². The molecule has 0 saturated heterocycles. The highest BCUT2D eigenvalue weighted by molar-refractivity contribution is 5.74. The Kier molecular flexibility index (Phi) is 5.47. The van der Waals surface area contributed by atoms with E-state index in [4.69, 9.17) is 9.15 Å². The largest absolute Gasteiger partial charge is 0.467 e. The lowest BCUT2D eigenvalue weighted by molar-refractivity contribution is 0.104. The fraction of sp³-hybridized carbons (Fsp3) is 0.667. The Balaban J connectivity index is 1.50. The van der Waals surface area contributed by atoms with Gasteiger partial charge in [-0.3, -0.25) is 0 Å². The van der Waals surface area contributed by atoms with E-state index in [1.54, 1.807) is 11.2 Å². The number of carbonyl (C=O) groups is 1. The molecule has 0 bridgehead atoms. The molecule has 0 spiro atoms. The van der Waals surface area contributed by atoms with E-state index >= 15 is 0 Å². The van der Waals surface area contributed by atoms with Crippen LogP contribution >= 0.6 is 0 Å². The van der Waals surface area contributed by atoms with E-state index in [1.807, 2.05) is 19.2 Å². The second-order valence-corrected chi connectivity index (χ2v) is 5.41. The first-order chi connectivity index (χ1) is 9.68. The van der Waals surface area contributed by atoms with Crippen LogP contribution in [0.25, 0.3) is 0 Å². The number of ether oxygens (including phenoxy) is 1. The summed E-state index contributed by atoms with van der Waals surface area (Å²) in [7, 11) is 1.87. The van der Waals surface area contributed by atoms with Crippen molar-refractivity contribution in [2.24, 2.45) is 5.92 Å². The van der Waals surface area contributed by atoms with Gasteiger partial charge in [-0.05, 0) is 44.2 Å². The van der Waals surface area contributed by atoms with Crippen molar-refractivity contribution in [1.29, 1.82) is 0 Å². The van der Waals surface area contributed by atoms with Crippen LogP contribution < -0.4 is 5.32 Å².